The molecule has 0 saturated heterocycles. The van der Waals surface area contributed by atoms with E-state index in [4.69, 9.17) is 11.6 Å². The maximum Gasteiger partial charge on any atom is 0.222 e. The van der Waals surface area contributed by atoms with Gasteiger partial charge in [-0.2, -0.15) is 0 Å². The second kappa shape index (κ2) is 7.23. The summed E-state index contributed by atoms with van der Waals surface area (Å²) in [5.74, 6) is 0.682. The van der Waals surface area contributed by atoms with Gasteiger partial charge in [-0.3, -0.25) is 9.78 Å². The molecule has 0 aliphatic heterocycles. The van der Waals surface area contributed by atoms with Gasteiger partial charge in [0.15, 0.2) is 0 Å². The highest BCUT2D eigenvalue weighted by Crippen LogP contribution is 2.05. The molecule has 1 aromatic heterocycles. The third-order valence-electron chi connectivity index (χ3n) is 2.34. The van der Waals surface area contributed by atoms with Gasteiger partial charge in [0.25, 0.3) is 0 Å². The summed E-state index contributed by atoms with van der Waals surface area (Å²) in [5, 5.41) is 0. The first-order valence-corrected chi connectivity index (χ1v) is 6.05. The number of nitrogens with zero attached hydrogens (tertiary/aromatic N) is 2. The molecule has 0 saturated carbocycles. The van der Waals surface area contributed by atoms with Crippen LogP contribution in [0.25, 0.3) is 0 Å². The zero-order valence-corrected chi connectivity index (χ0v) is 10.3. The lowest BCUT2D eigenvalue weighted by atomic mass is 10.2. The Labute approximate surface area is 101 Å². The Kier molecular flexibility index (Phi) is 5.86. The normalized spacial score (nSPS) is 10.1. The van der Waals surface area contributed by atoms with Gasteiger partial charge >= 0.3 is 0 Å². The third-order valence-corrected chi connectivity index (χ3v) is 2.60. The van der Waals surface area contributed by atoms with Crippen LogP contribution in [0.3, 0.4) is 0 Å². The van der Waals surface area contributed by atoms with Crippen molar-refractivity contribution in [3.63, 3.8) is 0 Å². The lowest BCUT2D eigenvalue weighted by Crippen LogP contribution is -2.30. The van der Waals surface area contributed by atoms with Gasteiger partial charge in [0, 0.05) is 25.0 Å². The highest BCUT2D eigenvalue weighted by molar-refractivity contribution is 6.17. The largest absolute Gasteiger partial charge is 0.337 e. The monoisotopic (exact) mass is 240 g/mol. The summed E-state index contributed by atoms with van der Waals surface area (Å²) in [5.41, 5.74) is 0.920. The molecule has 0 N–H and O–H groups in total. The zero-order valence-electron chi connectivity index (χ0n) is 9.53. The molecule has 0 fully saturated rings. The van der Waals surface area contributed by atoms with Gasteiger partial charge in [-0.25, -0.2) is 0 Å². The number of hydrogen-bond acceptors (Lipinski definition) is 2. The summed E-state index contributed by atoms with van der Waals surface area (Å²) in [6, 6.07) is 5.73. The van der Waals surface area contributed by atoms with E-state index in [2.05, 4.69) is 4.98 Å². The fourth-order valence-corrected chi connectivity index (χ4v) is 1.57. The van der Waals surface area contributed by atoms with Crippen molar-refractivity contribution in [3.05, 3.63) is 30.1 Å². The topological polar surface area (TPSA) is 33.2 Å². The number of alkyl halides is 1. The van der Waals surface area contributed by atoms with Crippen LogP contribution in [-0.4, -0.2) is 28.2 Å². The standard InChI is InChI=1S/C12H17ClN2O/c1-2-15(12(16)7-5-8-13)10-11-6-3-4-9-14-11/h3-4,6,9H,2,5,7-8,10H2,1H3. The van der Waals surface area contributed by atoms with Gasteiger partial charge in [0.05, 0.1) is 12.2 Å². The number of aromatic nitrogens is 1. The van der Waals surface area contributed by atoms with Crippen LogP contribution >= 0.6 is 11.6 Å². The molecule has 1 aromatic rings. The van der Waals surface area contributed by atoms with Crippen molar-refractivity contribution in [1.82, 2.24) is 9.88 Å². The van der Waals surface area contributed by atoms with Crippen LogP contribution in [0.2, 0.25) is 0 Å². The predicted molar refractivity (Wildman–Crippen MR) is 65.3 cm³/mol. The Morgan fingerprint density at radius 1 is 1.50 bits per heavy atom. The van der Waals surface area contributed by atoms with Gasteiger partial charge in [-0.05, 0) is 25.5 Å². The molecule has 1 amide bonds. The molecule has 0 atom stereocenters. The van der Waals surface area contributed by atoms with Crippen LogP contribution in [0.5, 0.6) is 0 Å². The number of amides is 1. The van der Waals surface area contributed by atoms with Crippen molar-refractivity contribution in [1.29, 1.82) is 0 Å². The van der Waals surface area contributed by atoms with Crippen LogP contribution in [0.4, 0.5) is 0 Å². The number of halogens is 1. The lowest BCUT2D eigenvalue weighted by Gasteiger charge is -2.20. The van der Waals surface area contributed by atoms with Crippen molar-refractivity contribution in [3.8, 4) is 0 Å². The van der Waals surface area contributed by atoms with Gasteiger partial charge in [0.1, 0.15) is 0 Å². The molecule has 0 radical (unpaired) electrons. The van der Waals surface area contributed by atoms with Crippen LogP contribution in [0.1, 0.15) is 25.5 Å². The maximum absolute atomic E-state index is 11.8. The van der Waals surface area contributed by atoms with Gasteiger partial charge in [-0.1, -0.05) is 6.07 Å². The summed E-state index contributed by atoms with van der Waals surface area (Å²) in [6.07, 6.45) is 3.00. The molecular formula is C12H17ClN2O. The fourth-order valence-electron chi connectivity index (χ4n) is 1.44. The van der Waals surface area contributed by atoms with Crippen molar-refractivity contribution in [2.24, 2.45) is 0 Å². The Morgan fingerprint density at radius 3 is 2.88 bits per heavy atom. The van der Waals surface area contributed by atoms with Crippen molar-refractivity contribution in [2.45, 2.75) is 26.3 Å². The second-order valence-corrected chi connectivity index (χ2v) is 3.90. The average molecular weight is 241 g/mol. The molecule has 0 bridgehead atoms. The second-order valence-electron chi connectivity index (χ2n) is 3.52. The summed E-state index contributed by atoms with van der Waals surface area (Å²) >= 11 is 5.57. The quantitative estimate of drug-likeness (QED) is 0.716. The minimum absolute atomic E-state index is 0.147. The van der Waals surface area contributed by atoms with Gasteiger partial charge in [-0.15, -0.1) is 11.6 Å². The van der Waals surface area contributed by atoms with Crippen molar-refractivity contribution < 1.29 is 4.79 Å². The number of hydrogen-bond donors (Lipinski definition) is 0. The lowest BCUT2D eigenvalue weighted by molar-refractivity contribution is -0.131. The van der Waals surface area contributed by atoms with Gasteiger partial charge < -0.3 is 4.90 Å². The van der Waals surface area contributed by atoms with E-state index in [1.807, 2.05) is 25.1 Å². The molecule has 0 aliphatic carbocycles. The summed E-state index contributed by atoms with van der Waals surface area (Å²) in [6.45, 7) is 3.26. The van der Waals surface area contributed by atoms with Crippen molar-refractivity contribution in [2.75, 3.05) is 12.4 Å². The smallest absolute Gasteiger partial charge is 0.222 e. The zero-order chi connectivity index (χ0) is 11.8. The summed E-state index contributed by atoms with van der Waals surface area (Å²) in [7, 11) is 0. The molecule has 0 spiro atoms. The van der Waals surface area contributed by atoms with E-state index in [1.165, 1.54) is 0 Å². The molecule has 4 heteroatoms. The third kappa shape index (κ3) is 4.19. The summed E-state index contributed by atoms with van der Waals surface area (Å²) in [4.78, 5) is 17.8. The molecule has 0 aliphatic rings. The molecule has 1 rings (SSSR count). The van der Waals surface area contributed by atoms with Crippen LogP contribution in [0.15, 0.2) is 24.4 Å². The molecular weight excluding hydrogens is 224 g/mol. The molecule has 1 heterocycles. The number of rotatable bonds is 6. The first kappa shape index (κ1) is 13.0. The minimum atomic E-state index is 0.147. The number of carbonyl (C=O) groups excluding carboxylic acids is 1. The Morgan fingerprint density at radius 2 is 2.31 bits per heavy atom. The van der Waals surface area contributed by atoms with E-state index in [9.17, 15) is 4.79 Å². The Hall–Kier alpha value is -1.09. The van der Waals surface area contributed by atoms with E-state index in [-0.39, 0.29) is 5.91 Å². The van der Waals surface area contributed by atoms with E-state index in [0.717, 1.165) is 12.1 Å². The van der Waals surface area contributed by atoms with E-state index in [1.54, 1.807) is 11.1 Å². The molecule has 0 aromatic carbocycles. The molecule has 88 valence electrons. The van der Waals surface area contributed by atoms with E-state index < -0.39 is 0 Å². The predicted octanol–water partition coefficient (Wildman–Crippen LogP) is 2.45. The summed E-state index contributed by atoms with van der Waals surface area (Å²) < 4.78 is 0. The van der Waals surface area contributed by atoms with Crippen LogP contribution in [-0.2, 0) is 11.3 Å². The van der Waals surface area contributed by atoms with Crippen LogP contribution in [0, 0.1) is 0 Å². The molecule has 0 unspecified atom stereocenters. The van der Waals surface area contributed by atoms with Gasteiger partial charge in [0.2, 0.25) is 5.91 Å². The molecule has 16 heavy (non-hydrogen) atoms. The minimum Gasteiger partial charge on any atom is -0.337 e. The first-order chi connectivity index (χ1) is 7.77. The highest BCUT2D eigenvalue weighted by Gasteiger charge is 2.11. The maximum atomic E-state index is 11.8. The Bertz CT molecular complexity index is 316. The highest BCUT2D eigenvalue weighted by atomic mass is 35.5. The van der Waals surface area contributed by atoms with E-state index in [0.29, 0.717) is 25.4 Å². The van der Waals surface area contributed by atoms with E-state index >= 15 is 0 Å². The Balaban J connectivity index is 2.52. The molecule has 3 nitrogen and oxygen atoms in total. The van der Waals surface area contributed by atoms with Crippen molar-refractivity contribution >= 4 is 17.5 Å². The average Bonchev–Trinajstić information content (AvgIpc) is 2.34. The fraction of sp³-hybridized carbons (Fsp3) is 0.500. The van der Waals surface area contributed by atoms with Crippen LogP contribution < -0.4 is 0 Å². The SMILES string of the molecule is CCN(Cc1ccccn1)C(=O)CCCCl. The first-order valence-electron chi connectivity index (χ1n) is 5.51. The number of carbonyl (C=O) groups is 1. The number of pyridine rings is 1.